The Morgan fingerprint density at radius 1 is 0.621 bits per heavy atom. The minimum Gasteiger partial charge on any atom is -0.338 e. The lowest BCUT2D eigenvalue weighted by Gasteiger charge is -2.13. The van der Waals surface area contributed by atoms with Crippen LogP contribution in [0.1, 0.15) is 16.7 Å². The van der Waals surface area contributed by atoms with E-state index >= 15 is 0 Å². The van der Waals surface area contributed by atoms with E-state index in [4.69, 9.17) is 0 Å². The first-order valence-corrected chi connectivity index (χ1v) is 7.77. The summed E-state index contributed by atoms with van der Waals surface area (Å²) in [4.78, 5) is 6.20. The second kappa shape index (κ2) is 6.82. The SMILES string of the molecule is FC(F)(F)c1cccc(-c2cnc(-c3cc(C(F)(F)F)cc(C(F)(F)F)c3)[nH]2)c1. The fourth-order valence-electron chi connectivity index (χ4n) is 2.57. The van der Waals surface area contributed by atoms with Gasteiger partial charge in [0.15, 0.2) is 0 Å². The Balaban J connectivity index is 2.07. The van der Waals surface area contributed by atoms with Gasteiger partial charge in [-0.3, -0.25) is 0 Å². The quantitative estimate of drug-likeness (QED) is 0.451. The average Bonchev–Trinajstić information content (AvgIpc) is 3.09. The normalized spacial score (nSPS) is 13.0. The van der Waals surface area contributed by atoms with Crippen LogP contribution in [0.4, 0.5) is 39.5 Å². The van der Waals surface area contributed by atoms with Crippen molar-refractivity contribution in [3.63, 3.8) is 0 Å². The highest BCUT2D eigenvalue weighted by Crippen LogP contribution is 2.38. The van der Waals surface area contributed by atoms with Gasteiger partial charge in [0.1, 0.15) is 5.82 Å². The summed E-state index contributed by atoms with van der Waals surface area (Å²) in [6.45, 7) is 0. The molecule has 0 amide bonds. The smallest absolute Gasteiger partial charge is 0.338 e. The zero-order chi connectivity index (χ0) is 21.6. The molecule has 2 aromatic carbocycles. The van der Waals surface area contributed by atoms with Gasteiger partial charge in [0.25, 0.3) is 0 Å². The molecule has 11 heteroatoms. The summed E-state index contributed by atoms with van der Waals surface area (Å²) in [6, 6.07) is 4.94. The van der Waals surface area contributed by atoms with Crippen molar-refractivity contribution in [3.8, 4) is 22.6 Å². The molecule has 0 atom stereocenters. The van der Waals surface area contributed by atoms with Gasteiger partial charge in [0.2, 0.25) is 0 Å². The molecule has 3 rings (SSSR count). The van der Waals surface area contributed by atoms with Gasteiger partial charge >= 0.3 is 18.5 Å². The third-order valence-electron chi connectivity index (χ3n) is 3.94. The van der Waals surface area contributed by atoms with Gasteiger partial charge in [0.05, 0.1) is 28.6 Å². The fourth-order valence-corrected chi connectivity index (χ4v) is 2.57. The van der Waals surface area contributed by atoms with Crippen LogP contribution in [0.3, 0.4) is 0 Å². The lowest BCUT2D eigenvalue weighted by Crippen LogP contribution is -2.11. The highest BCUT2D eigenvalue weighted by atomic mass is 19.4. The molecule has 2 nitrogen and oxygen atoms in total. The summed E-state index contributed by atoms with van der Waals surface area (Å²) < 4.78 is 116. The zero-order valence-electron chi connectivity index (χ0n) is 14.0. The first-order chi connectivity index (χ1) is 13.2. The minimum atomic E-state index is -5.04. The molecule has 29 heavy (non-hydrogen) atoms. The number of imidazole rings is 1. The Labute approximate surface area is 157 Å². The molecule has 0 radical (unpaired) electrons. The van der Waals surface area contributed by atoms with Gasteiger partial charge in [-0.2, -0.15) is 39.5 Å². The van der Waals surface area contributed by atoms with Gasteiger partial charge in [-0.1, -0.05) is 12.1 Å². The largest absolute Gasteiger partial charge is 0.416 e. The van der Waals surface area contributed by atoms with Crippen LogP contribution in [-0.4, -0.2) is 9.97 Å². The van der Waals surface area contributed by atoms with Crippen LogP contribution in [-0.2, 0) is 18.5 Å². The maximum Gasteiger partial charge on any atom is 0.416 e. The molecule has 0 spiro atoms. The summed E-state index contributed by atoms with van der Waals surface area (Å²) in [7, 11) is 0. The minimum absolute atomic E-state index is 0.00271. The van der Waals surface area contributed by atoms with Crippen molar-refractivity contribution in [2.75, 3.05) is 0 Å². The Hall–Kier alpha value is -2.98. The van der Waals surface area contributed by atoms with Crippen molar-refractivity contribution in [3.05, 3.63) is 65.4 Å². The van der Waals surface area contributed by atoms with Gasteiger partial charge < -0.3 is 4.98 Å². The molecule has 0 bridgehead atoms. The first kappa shape index (κ1) is 20.7. The van der Waals surface area contributed by atoms with E-state index in [-0.39, 0.29) is 23.1 Å². The fraction of sp³-hybridized carbons (Fsp3) is 0.167. The van der Waals surface area contributed by atoms with Crippen molar-refractivity contribution in [2.24, 2.45) is 0 Å². The van der Waals surface area contributed by atoms with Crippen LogP contribution in [0.25, 0.3) is 22.6 Å². The average molecular weight is 424 g/mol. The number of alkyl halides is 9. The van der Waals surface area contributed by atoms with Crippen LogP contribution in [0.15, 0.2) is 48.7 Å². The summed E-state index contributed by atoms with van der Waals surface area (Å²) >= 11 is 0. The van der Waals surface area contributed by atoms with Crippen LogP contribution in [0.5, 0.6) is 0 Å². The molecule has 1 aromatic heterocycles. The molecule has 0 aliphatic heterocycles. The molecule has 154 valence electrons. The number of benzene rings is 2. The number of halogens is 9. The molecule has 1 heterocycles. The first-order valence-electron chi connectivity index (χ1n) is 7.77. The molecule has 1 N–H and O–H groups in total. The predicted octanol–water partition coefficient (Wildman–Crippen LogP) is 6.80. The molecule has 0 saturated heterocycles. The standard InChI is InChI=1S/C18H9F9N2/c19-16(20,21)11-3-1-2-9(4-11)14-8-28-15(29-14)10-5-12(17(22,23)24)7-13(6-10)18(25,26)27/h1-8H,(H,28,29). The summed E-state index contributed by atoms with van der Waals surface area (Å²) in [6.07, 6.45) is -13.7. The number of H-pyrrole nitrogens is 1. The van der Waals surface area contributed by atoms with Crippen molar-refractivity contribution in [2.45, 2.75) is 18.5 Å². The predicted molar refractivity (Wildman–Crippen MR) is 84.5 cm³/mol. The molecule has 0 fully saturated rings. The molecule has 3 aromatic rings. The zero-order valence-corrected chi connectivity index (χ0v) is 14.0. The van der Waals surface area contributed by atoms with E-state index in [1.165, 1.54) is 6.07 Å². The number of aromatic amines is 1. The van der Waals surface area contributed by atoms with Gasteiger partial charge in [-0.15, -0.1) is 0 Å². The second-order valence-corrected chi connectivity index (χ2v) is 6.02. The summed E-state index contributed by atoms with van der Waals surface area (Å²) in [5.74, 6) is -0.353. The van der Waals surface area contributed by atoms with E-state index in [2.05, 4.69) is 9.97 Å². The van der Waals surface area contributed by atoms with Gasteiger partial charge in [-0.25, -0.2) is 4.98 Å². The Morgan fingerprint density at radius 2 is 1.14 bits per heavy atom. The molecule has 0 unspecified atom stereocenters. The topological polar surface area (TPSA) is 28.7 Å². The van der Waals surface area contributed by atoms with Gasteiger partial charge in [-0.05, 0) is 30.3 Å². The third kappa shape index (κ3) is 4.54. The summed E-state index contributed by atoms with van der Waals surface area (Å²) in [5.41, 5.74) is -4.52. The van der Waals surface area contributed by atoms with Crippen molar-refractivity contribution >= 4 is 0 Å². The molecule has 0 saturated carbocycles. The number of rotatable bonds is 2. The van der Waals surface area contributed by atoms with Gasteiger partial charge in [0, 0.05) is 11.1 Å². The molecule has 0 aliphatic carbocycles. The Kier molecular flexibility index (Phi) is 4.88. The lowest BCUT2D eigenvalue weighted by atomic mass is 10.0. The number of hydrogen-bond donors (Lipinski definition) is 1. The van der Waals surface area contributed by atoms with E-state index in [0.29, 0.717) is 12.1 Å². The number of aromatic nitrogens is 2. The molecular weight excluding hydrogens is 415 g/mol. The third-order valence-corrected chi connectivity index (χ3v) is 3.94. The Morgan fingerprint density at radius 3 is 1.66 bits per heavy atom. The number of nitrogens with zero attached hydrogens (tertiary/aromatic N) is 1. The van der Waals surface area contributed by atoms with Crippen LogP contribution >= 0.6 is 0 Å². The summed E-state index contributed by atoms with van der Waals surface area (Å²) in [5, 5.41) is 0. The molecule has 0 aliphatic rings. The monoisotopic (exact) mass is 424 g/mol. The van der Waals surface area contributed by atoms with Crippen molar-refractivity contribution < 1.29 is 39.5 Å². The van der Waals surface area contributed by atoms with E-state index in [1.807, 2.05) is 0 Å². The maximum atomic E-state index is 13.0. The van der Waals surface area contributed by atoms with Crippen LogP contribution in [0, 0.1) is 0 Å². The second-order valence-electron chi connectivity index (χ2n) is 6.02. The van der Waals surface area contributed by atoms with Crippen molar-refractivity contribution in [1.82, 2.24) is 9.97 Å². The van der Waals surface area contributed by atoms with Crippen LogP contribution < -0.4 is 0 Å². The van der Waals surface area contributed by atoms with E-state index in [9.17, 15) is 39.5 Å². The van der Waals surface area contributed by atoms with E-state index < -0.39 is 40.8 Å². The Bertz CT molecular complexity index is 995. The lowest BCUT2D eigenvalue weighted by molar-refractivity contribution is -0.143. The highest BCUT2D eigenvalue weighted by molar-refractivity contribution is 5.66. The number of hydrogen-bond acceptors (Lipinski definition) is 1. The van der Waals surface area contributed by atoms with E-state index in [1.54, 1.807) is 0 Å². The number of nitrogens with one attached hydrogen (secondary N) is 1. The van der Waals surface area contributed by atoms with E-state index in [0.717, 1.165) is 24.4 Å². The van der Waals surface area contributed by atoms with Crippen LogP contribution in [0.2, 0.25) is 0 Å². The van der Waals surface area contributed by atoms with Crippen molar-refractivity contribution in [1.29, 1.82) is 0 Å². The molecular formula is C18H9F9N2. The highest BCUT2D eigenvalue weighted by Gasteiger charge is 2.37. The maximum absolute atomic E-state index is 13.0.